The highest BCUT2D eigenvalue weighted by molar-refractivity contribution is 5.30. The molecule has 0 radical (unpaired) electrons. The van der Waals surface area contributed by atoms with Crippen molar-refractivity contribution in [3.63, 3.8) is 0 Å². The van der Waals surface area contributed by atoms with E-state index in [0.717, 1.165) is 18.4 Å². The smallest absolute Gasteiger partial charge is 0.0135 e. The number of rotatable bonds is 0. The van der Waals surface area contributed by atoms with Gasteiger partial charge in [-0.05, 0) is 18.4 Å². The second-order valence-electron chi connectivity index (χ2n) is 2.54. The topological polar surface area (TPSA) is 0 Å². The first-order chi connectivity index (χ1) is 4.79. The van der Waals surface area contributed by atoms with E-state index in [4.69, 9.17) is 0 Å². The lowest BCUT2D eigenvalue weighted by molar-refractivity contribution is 1.11. The van der Waals surface area contributed by atoms with Crippen molar-refractivity contribution in [3.8, 4) is 0 Å². The van der Waals surface area contributed by atoms with Gasteiger partial charge in [0.1, 0.15) is 0 Å². The van der Waals surface area contributed by atoms with Crippen LogP contribution in [0.2, 0.25) is 0 Å². The van der Waals surface area contributed by atoms with Crippen molar-refractivity contribution in [2.45, 2.75) is 12.8 Å². The molecule has 0 amide bonds. The zero-order valence-electron chi connectivity index (χ0n) is 6.14. The van der Waals surface area contributed by atoms with Gasteiger partial charge in [0.25, 0.3) is 0 Å². The largest absolute Gasteiger partial charge is 0.0992 e. The Morgan fingerprint density at radius 1 is 1.00 bits per heavy atom. The van der Waals surface area contributed by atoms with E-state index in [1.54, 1.807) is 0 Å². The van der Waals surface area contributed by atoms with Gasteiger partial charge in [-0.3, -0.25) is 0 Å². The summed E-state index contributed by atoms with van der Waals surface area (Å²) in [7, 11) is 0. The molecular formula is C10H12. The molecular weight excluding hydrogens is 120 g/mol. The van der Waals surface area contributed by atoms with Crippen LogP contribution in [0.15, 0.2) is 48.6 Å². The van der Waals surface area contributed by atoms with E-state index in [-0.39, 0.29) is 0 Å². The van der Waals surface area contributed by atoms with Gasteiger partial charge < -0.3 is 0 Å². The SMILES string of the molecule is C=C1/C=C\CC(=C)C/C=C\1. The Morgan fingerprint density at radius 2 is 1.50 bits per heavy atom. The van der Waals surface area contributed by atoms with E-state index in [9.17, 15) is 0 Å². The first kappa shape index (κ1) is 7.07. The number of hydrogen-bond acceptors (Lipinski definition) is 0. The van der Waals surface area contributed by atoms with Gasteiger partial charge in [0.2, 0.25) is 0 Å². The lowest BCUT2D eigenvalue weighted by Crippen LogP contribution is -1.80. The average molecular weight is 132 g/mol. The highest BCUT2D eigenvalue weighted by atomic mass is 14.0. The molecule has 1 rings (SSSR count). The number of allylic oxidation sites excluding steroid dienone is 6. The standard InChI is InChI=1S/C10H12/c1-9-5-3-7-10(2)8-4-6-9/h3-6H,1-2,7-8H2/b5-3-,6-4-. The van der Waals surface area contributed by atoms with Crippen LogP contribution in [0, 0.1) is 0 Å². The first-order valence-electron chi connectivity index (χ1n) is 3.47. The maximum atomic E-state index is 3.91. The van der Waals surface area contributed by atoms with E-state index in [1.165, 1.54) is 5.57 Å². The molecule has 10 heavy (non-hydrogen) atoms. The van der Waals surface area contributed by atoms with E-state index >= 15 is 0 Å². The third-order valence-electron chi connectivity index (χ3n) is 1.48. The second-order valence-corrected chi connectivity index (χ2v) is 2.54. The molecule has 0 aliphatic heterocycles. The van der Waals surface area contributed by atoms with Crippen molar-refractivity contribution < 1.29 is 0 Å². The summed E-state index contributed by atoms with van der Waals surface area (Å²) in [5, 5.41) is 0. The highest BCUT2D eigenvalue weighted by Gasteiger charge is 1.91. The Bertz CT molecular complexity index is 184. The molecule has 1 aliphatic rings. The molecule has 0 aromatic heterocycles. The molecule has 0 aromatic carbocycles. The summed E-state index contributed by atoms with van der Waals surface area (Å²) in [5.41, 5.74) is 2.34. The quantitative estimate of drug-likeness (QED) is 0.444. The zero-order valence-corrected chi connectivity index (χ0v) is 6.14. The third-order valence-corrected chi connectivity index (χ3v) is 1.48. The normalized spacial score (nSPS) is 25.2. The fourth-order valence-electron chi connectivity index (χ4n) is 0.893. The highest BCUT2D eigenvalue weighted by Crippen LogP contribution is 2.11. The van der Waals surface area contributed by atoms with Crippen LogP contribution < -0.4 is 0 Å². The molecule has 0 unspecified atom stereocenters. The van der Waals surface area contributed by atoms with Gasteiger partial charge >= 0.3 is 0 Å². The van der Waals surface area contributed by atoms with Gasteiger partial charge in [-0.15, -0.1) is 0 Å². The molecule has 1 aliphatic carbocycles. The maximum Gasteiger partial charge on any atom is -0.0135 e. The summed E-state index contributed by atoms with van der Waals surface area (Å²) in [6, 6.07) is 0. The van der Waals surface area contributed by atoms with Gasteiger partial charge in [0, 0.05) is 0 Å². The van der Waals surface area contributed by atoms with Crippen LogP contribution in [-0.4, -0.2) is 0 Å². The molecule has 0 N–H and O–H groups in total. The summed E-state index contributed by atoms with van der Waals surface area (Å²) in [5.74, 6) is 0. The lowest BCUT2D eigenvalue weighted by atomic mass is 10.1. The number of hydrogen-bond donors (Lipinski definition) is 0. The molecule has 0 atom stereocenters. The monoisotopic (exact) mass is 132 g/mol. The van der Waals surface area contributed by atoms with Crippen LogP contribution in [0.5, 0.6) is 0 Å². The Labute approximate surface area is 62.3 Å². The third kappa shape index (κ3) is 2.06. The average Bonchev–Trinajstić information content (AvgIpc) is 1.84. The van der Waals surface area contributed by atoms with Crippen molar-refractivity contribution in [2.75, 3.05) is 0 Å². The van der Waals surface area contributed by atoms with Crippen molar-refractivity contribution in [3.05, 3.63) is 48.6 Å². The molecule has 0 aromatic rings. The molecule has 0 spiro atoms. The molecule has 0 heterocycles. The van der Waals surface area contributed by atoms with Crippen LogP contribution >= 0.6 is 0 Å². The predicted molar refractivity (Wildman–Crippen MR) is 45.8 cm³/mol. The predicted octanol–water partition coefficient (Wildman–Crippen LogP) is 3.01. The summed E-state index contributed by atoms with van der Waals surface area (Å²) in [4.78, 5) is 0. The van der Waals surface area contributed by atoms with Crippen LogP contribution in [-0.2, 0) is 0 Å². The van der Waals surface area contributed by atoms with Crippen LogP contribution in [0.3, 0.4) is 0 Å². The molecule has 0 saturated heterocycles. The van der Waals surface area contributed by atoms with E-state index in [1.807, 2.05) is 12.2 Å². The lowest BCUT2D eigenvalue weighted by Gasteiger charge is -2.00. The molecule has 0 heteroatoms. The Hall–Kier alpha value is -1.04. The van der Waals surface area contributed by atoms with Crippen molar-refractivity contribution >= 4 is 0 Å². The minimum atomic E-state index is 0.989. The molecule has 0 fully saturated rings. The Balaban J connectivity index is 2.67. The van der Waals surface area contributed by atoms with Gasteiger partial charge in [-0.25, -0.2) is 0 Å². The van der Waals surface area contributed by atoms with Gasteiger partial charge in [-0.1, -0.05) is 43.0 Å². The minimum Gasteiger partial charge on any atom is -0.0992 e. The van der Waals surface area contributed by atoms with Gasteiger partial charge in [0.15, 0.2) is 0 Å². The van der Waals surface area contributed by atoms with Crippen LogP contribution in [0.1, 0.15) is 12.8 Å². The van der Waals surface area contributed by atoms with E-state index < -0.39 is 0 Å². The maximum absolute atomic E-state index is 3.91. The molecule has 52 valence electrons. The van der Waals surface area contributed by atoms with Crippen molar-refractivity contribution in [1.29, 1.82) is 0 Å². The minimum absolute atomic E-state index is 0.989. The van der Waals surface area contributed by atoms with Gasteiger partial charge in [-0.2, -0.15) is 0 Å². The van der Waals surface area contributed by atoms with Crippen molar-refractivity contribution in [1.82, 2.24) is 0 Å². The fourth-order valence-corrected chi connectivity index (χ4v) is 0.893. The summed E-state index contributed by atoms with van der Waals surface area (Å²) < 4.78 is 0. The van der Waals surface area contributed by atoms with Gasteiger partial charge in [0.05, 0.1) is 0 Å². The molecule has 0 saturated carbocycles. The van der Waals surface area contributed by atoms with E-state index in [0.29, 0.717) is 0 Å². The first-order valence-corrected chi connectivity index (χ1v) is 3.47. The van der Waals surface area contributed by atoms with E-state index in [2.05, 4.69) is 25.3 Å². The Kier molecular flexibility index (Phi) is 2.27. The summed E-state index contributed by atoms with van der Waals surface area (Å²) in [6.07, 6.45) is 10.2. The Morgan fingerprint density at radius 3 is 2.00 bits per heavy atom. The summed E-state index contributed by atoms with van der Waals surface area (Å²) >= 11 is 0. The second kappa shape index (κ2) is 3.21. The van der Waals surface area contributed by atoms with Crippen LogP contribution in [0.4, 0.5) is 0 Å². The zero-order chi connectivity index (χ0) is 7.40. The molecule has 0 bridgehead atoms. The van der Waals surface area contributed by atoms with Crippen molar-refractivity contribution in [2.24, 2.45) is 0 Å². The summed E-state index contributed by atoms with van der Waals surface area (Å²) in [6.45, 7) is 7.75. The molecule has 0 nitrogen and oxygen atoms in total. The van der Waals surface area contributed by atoms with Crippen LogP contribution in [0.25, 0.3) is 0 Å². The fraction of sp³-hybridized carbons (Fsp3) is 0.200.